The van der Waals surface area contributed by atoms with Crippen molar-refractivity contribution < 1.29 is 9.59 Å². The highest BCUT2D eigenvalue weighted by Crippen LogP contribution is 2.16. The van der Waals surface area contributed by atoms with E-state index in [2.05, 4.69) is 31.9 Å². The largest absolute Gasteiger partial charge is 0.336 e. The third-order valence-corrected chi connectivity index (χ3v) is 3.46. The molecule has 3 N–H and O–H groups in total. The third kappa shape index (κ3) is 5.41. The lowest BCUT2D eigenvalue weighted by Crippen LogP contribution is -2.34. The van der Waals surface area contributed by atoms with E-state index in [0.717, 1.165) is 4.47 Å². The van der Waals surface area contributed by atoms with Crippen LogP contribution in [0, 0.1) is 0 Å². The van der Waals surface area contributed by atoms with Crippen LogP contribution in [0.5, 0.6) is 0 Å². The molecular weight excluding hydrogens is 358 g/mol. The number of nitrogens with one attached hydrogen (secondary N) is 3. The van der Waals surface area contributed by atoms with Gasteiger partial charge in [-0.15, -0.1) is 0 Å². The van der Waals surface area contributed by atoms with Crippen molar-refractivity contribution in [3.05, 3.63) is 58.6 Å². The molecule has 0 bridgehead atoms. The van der Waals surface area contributed by atoms with Gasteiger partial charge in [0.2, 0.25) is 0 Å². The van der Waals surface area contributed by atoms with Crippen molar-refractivity contribution in [1.82, 2.24) is 5.32 Å². The van der Waals surface area contributed by atoms with Crippen LogP contribution in [0.15, 0.2) is 53.0 Å². The number of rotatable bonds is 4. The SMILES string of the molecule is CC(C)NC(=O)Nc1ccc(NC(=O)c2ccc(Br)cc2)cc1. The Balaban J connectivity index is 1.95. The molecule has 3 amide bonds. The highest BCUT2D eigenvalue weighted by Gasteiger charge is 2.07. The van der Waals surface area contributed by atoms with Gasteiger partial charge in [-0.1, -0.05) is 15.9 Å². The molecule has 0 aromatic heterocycles. The molecule has 0 fully saturated rings. The summed E-state index contributed by atoms with van der Waals surface area (Å²) in [4.78, 5) is 23.7. The molecule has 0 atom stereocenters. The van der Waals surface area contributed by atoms with Gasteiger partial charge < -0.3 is 16.0 Å². The maximum absolute atomic E-state index is 12.1. The molecule has 6 heteroatoms. The van der Waals surface area contributed by atoms with Gasteiger partial charge >= 0.3 is 6.03 Å². The Morgan fingerprint density at radius 2 is 1.39 bits per heavy atom. The van der Waals surface area contributed by atoms with Gasteiger partial charge in [0.05, 0.1) is 0 Å². The summed E-state index contributed by atoms with van der Waals surface area (Å²) in [5, 5.41) is 8.27. The van der Waals surface area contributed by atoms with E-state index in [1.54, 1.807) is 36.4 Å². The van der Waals surface area contributed by atoms with Gasteiger partial charge in [0.25, 0.3) is 5.91 Å². The minimum atomic E-state index is -0.258. The van der Waals surface area contributed by atoms with Crippen LogP contribution in [-0.2, 0) is 0 Å². The van der Waals surface area contributed by atoms with E-state index < -0.39 is 0 Å². The molecule has 0 aliphatic rings. The zero-order valence-electron chi connectivity index (χ0n) is 12.9. The summed E-state index contributed by atoms with van der Waals surface area (Å²) in [5.41, 5.74) is 1.89. The lowest BCUT2D eigenvalue weighted by Gasteiger charge is -2.11. The molecule has 0 unspecified atom stereocenters. The lowest BCUT2D eigenvalue weighted by atomic mass is 10.2. The number of hydrogen-bond acceptors (Lipinski definition) is 2. The number of halogens is 1. The molecule has 120 valence electrons. The lowest BCUT2D eigenvalue weighted by molar-refractivity contribution is 0.102. The van der Waals surface area contributed by atoms with Crippen LogP contribution in [0.25, 0.3) is 0 Å². The van der Waals surface area contributed by atoms with Crippen LogP contribution in [0.3, 0.4) is 0 Å². The van der Waals surface area contributed by atoms with Crippen molar-refractivity contribution in [3.63, 3.8) is 0 Å². The highest BCUT2D eigenvalue weighted by molar-refractivity contribution is 9.10. The van der Waals surface area contributed by atoms with Crippen LogP contribution in [-0.4, -0.2) is 18.0 Å². The van der Waals surface area contributed by atoms with Crippen LogP contribution < -0.4 is 16.0 Å². The standard InChI is InChI=1S/C17H18BrN3O2/c1-11(2)19-17(23)21-15-9-7-14(8-10-15)20-16(22)12-3-5-13(18)6-4-12/h3-11H,1-2H3,(H,20,22)(H2,19,21,23). The number of amides is 3. The van der Waals surface area contributed by atoms with Crippen molar-refractivity contribution in [2.24, 2.45) is 0 Å². The molecule has 0 spiro atoms. The van der Waals surface area contributed by atoms with Crippen molar-refractivity contribution in [1.29, 1.82) is 0 Å². The normalized spacial score (nSPS) is 10.3. The van der Waals surface area contributed by atoms with Crippen LogP contribution in [0.1, 0.15) is 24.2 Å². The molecule has 2 aromatic rings. The smallest absolute Gasteiger partial charge is 0.319 e. The fraction of sp³-hybridized carbons (Fsp3) is 0.176. The zero-order chi connectivity index (χ0) is 16.8. The Morgan fingerprint density at radius 1 is 0.870 bits per heavy atom. The van der Waals surface area contributed by atoms with Gasteiger partial charge in [-0.3, -0.25) is 4.79 Å². The molecule has 0 aliphatic carbocycles. The number of anilines is 2. The minimum absolute atomic E-state index is 0.0690. The average molecular weight is 376 g/mol. The minimum Gasteiger partial charge on any atom is -0.336 e. The predicted octanol–water partition coefficient (Wildman–Crippen LogP) is 4.23. The fourth-order valence-electron chi connectivity index (χ4n) is 1.87. The van der Waals surface area contributed by atoms with Crippen molar-refractivity contribution in [2.75, 3.05) is 10.6 Å². The van der Waals surface area contributed by atoms with Crippen molar-refractivity contribution in [2.45, 2.75) is 19.9 Å². The van der Waals surface area contributed by atoms with Crippen LogP contribution in [0.4, 0.5) is 16.2 Å². The summed E-state index contributed by atoms with van der Waals surface area (Å²) in [6, 6.07) is 13.9. The van der Waals surface area contributed by atoms with E-state index in [-0.39, 0.29) is 18.0 Å². The average Bonchev–Trinajstić information content (AvgIpc) is 2.49. The number of carbonyl (C=O) groups is 2. The molecule has 5 nitrogen and oxygen atoms in total. The summed E-state index contributed by atoms with van der Waals surface area (Å²) in [7, 11) is 0. The van der Waals surface area contributed by atoms with E-state index in [1.165, 1.54) is 0 Å². The van der Waals surface area contributed by atoms with E-state index in [1.807, 2.05) is 26.0 Å². The van der Waals surface area contributed by atoms with Gasteiger partial charge in [-0.05, 0) is 62.4 Å². The Labute approximate surface area is 143 Å². The van der Waals surface area contributed by atoms with E-state index in [9.17, 15) is 9.59 Å². The number of carbonyl (C=O) groups excluding carboxylic acids is 2. The molecule has 0 heterocycles. The third-order valence-electron chi connectivity index (χ3n) is 2.93. The summed E-state index contributed by atoms with van der Waals surface area (Å²) in [6.45, 7) is 3.78. The fourth-order valence-corrected chi connectivity index (χ4v) is 2.14. The molecule has 0 saturated heterocycles. The van der Waals surface area contributed by atoms with Gasteiger partial charge in [-0.2, -0.15) is 0 Å². The monoisotopic (exact) mass is 375 g/mol. The maximum atomic E-state index is 12.1. The molecule has 23 heavy (non-hydrogen) atoms. The summed E-state index contributed by atoms with van der Waals surface area (Å²) < 4.78 is 0.921. The van der Waals surface area contributed by atoms with Crippen LogP contribution in [0.2, 0.25) is 0 Å². The van der Waals surface area contributed by atoms with Gasteiger partial charge in [0, 0.05) is 27.5 Å². The van der Waals surface area contributed by atoms with Crippen molar-refractivity contribution in [3.8, 4) is 0 Å². The zero-order valence-corrected chi connectivity index (χ0v) is 14.5. The first kappa shape index (κ1) is 17.0. The quantitative estimate of drug-likeness (QED) is 0.747. The Kier molecular flexibility index (Phi) is 5.76. The Hall–Kier alpha value is -2.34. The topological polar surface area (TPSA) is 70.2 Å². The van der Waals surface area contributed by atoms with Crippen LogP contribution >= 0.6 is 15.9 Å². The molecule has 2 rings (SSSR count). The summed E-state index contributed by atoms with van der Waals surface area (Å²) in [5.74, 6) is -0.184. The molecule has 0 saturated carbocycles. The number of benzene rings is 2. The first-order chi connectivity index (χ1) is 10.9. The molecule has 2 aromatic carbocycles. The first-order valence-corrected chi connectivity index (χ1v) is 7.98. The first-order valence-electron chi connectivity index (χ1n) is 7.18. The van der Waals surface area contributed by atoms with Gasteiger partial charge in [-0.25, -0.2) is 4.79 Å². The Bertz CT molecular complexity index is 682. The Morgan fingerprint density at radius 3 is 1.91 bits per heavy atom. The highest BCUT2D eigenvalue weighted by atomic mass is 79.9. The van der Waals surface area contributed by atoms with E-state index >= 15 is 0 Å². The molecular formula is C17H18BrN3O2. The van der Waals surface area contributed by atoms with Crippen molar-refractivity contribution >= 4 is 39.2 Å². The van der Waals surface area contributed by atoms with E-state index in [0.29, 0.717) is 16.9 Å². The second-order valence-corrected chi connectivity index (χ2v) is 6.21. The second kappa shape index (κ2) is 7.78. The van der Waals surface area contributed by atoms with Gasteiger partial charge in [0.1, 0.15) is 0 Å². The maximum Gasteiger partial charge on any atom is 0.319 e. The van der Waals surface area contributed by atoms with Gasteiger partial charge in [0.15, 0.2) is 0 Å². The van der Waals surface area contributed by atoms with E-state index in [4.69, 9.17) is 0 Å². The number of urea groups is 1. The number of hydrogen-bond donors (Lipinski definition) is 3. The molecule has 0 radical (unpaired) electrons. The summed E-state index contributed by atoms with van der Waals surface area (Å²) >= 11 is 3.33. The molecule has 0 aliphatic heterocycles. The summed E-state index contributed by atoms with van der Waals surface area (Å²) in [6.07, 6.45) is 0. The predicted molar refractivity (Wildman–Crippen MR) is 95.8 cm³/mol. The second-order valence-electron chi connectivity index (χ2n) is 5.29.